The van der Waals surface area contributed by atoms with E-state index in [-0.39, 0.29) is 0 Å². The van der Waals surface area contributed by atoms with Crippen LogP contribution in [0.2, 0.25) is 0 Å². The highest BCUT2D eigenvalue weighted by atomic mass is 16.3. The molecule has 260 valence electrons. The minimum atomic E-state index is 0.558. The molecular formula is C51H30N4O. The molecule has 0 aliphatic rings. The van der Waals surface area contributed by atoms with Gasteiger partial charge in [-0.3, -0.25) is 4.57 Å². The summed E-state index contributed by atoms with van der Waals surface area (Å²) < 4.78 is 8.59. The molecule has 0 atom stereocenters. The van der Waals surface area contributed by atoms with Crippen molar-refractivity contribution in [3.8, 4) is 39.9 Å². The number of benzene rings is 9. The summed E-state index contributed by atoms with van der Waals surface area (Å²) in [6.45, 7) is 0. The normalized spacial score (nSPS) is 11.9. The number of para-hydroxylation sites is 1. The van der Waals surface area contributed by atoms with Gasteiger partial charge in [-0.25, -0.2) is 4.98 Å². The third-order valence-electron chi connectivity index (χ3n) is 11.2. The van der Waals surface area contributed by atoms with Gasteiger partial charge in [0, 0.05) is 32.7 Å². The Hall–Kier alpha value is -7.63. The van der Waals surface area contributed by atoms with Crippen molar-refractivity contribution >= 4 is 76.1 Å². The zero-order valence-corrected chi connectivity index (χ0v) is 30.0. The van der Waals surface area contributed by atoms with Crippen LogP contribution in [0, 0.1) is 0 Å². The zero-order valence-electron chi connectivity index (χ0n) is 30.0. The van der Waals surface area contributed by atoms with Crippen LogP contribution < -0.4 is 0 Å². The van der Waals surface area contributed by atoms with Crippen molar-refractivity contribution in [1.82, 2.24) is 19.5 Å². The summed E-state index contributed by atoms with van der Waals surface area (Å²) in [5.74, 6) is 1.74. The molecule has 0 radical (unpaired) electrons. The first kappa shape index (κ1) is 30.8. The lowest BCUT2D eigenvalue weighted by Crippen LogP contribution is -2.06. The lowest BCUT2D eigenvalue weighted by atomic mass is 9.96. The molecular weight excluding hydrogens is 685 g/mol. The third-order valence-corrected chi connectivity index (χ3v) is 11.2. The fraction of sp³-hybridized carbons (Fsp3) is 0. The van der Waals surface area contributed by atoms with Crippen LogP contribution in [-0.4, -0.2) is 19.5 Å². The van der Waals surface area contributed by atoms with E-state index in [4.69, 9.17) is 19.4 Å². The van der Waals surface area contributed by atoms with Crippen LogP contribution in [0.25, 0.3) is 116 Å². The van der Waals surface area contributed by atoms with Gasteiger partial charge in [-0.1, -0.05) is 133 Å². The number of nitrogens with zero attached hydrogens (tertiary/aromatic N) is 4. The first-order valence-corrected chi connectivity index (χ1v) is 18.8. The molecule has 0 amide bonds. The number of aromatic nitrogens is 4. The standard InChI is InChI=1S/C51H30N4O/c1-2-13-33-27-36(22-21-31(33)11-1)38-16-7-8-18-40(38)50-52-49(37-24-26-46-42(29-37)43-28-34-14-3-4-15-35(34)30-47(43)56-46)53-51(54-50)55-44-20-10-9-19-41(44)48-39-17-6-5-12-32(39)23-25-45(48)55/h1-30H. The Morgan fingerprint density at radius 3 is 1.84 bits per heavy atom. The van der Waals surface area contributed by atoms with Gasteiger partial charge in [0.25, 0.3) is 0 Å². The lowest BCUT2D eigenvalue weighted by Gasteiger charge is -2.14. The summed E-state index contributed by atoms with van der Waals surface area (Å²) in [4.78, 5) is 16.0. The number of fused-ring (bicyclic) bond motifs is 10. The highest BCUT2D eigenvalue weighted by molar-refractivity contribution is 6.21. The fourth-order valence-corrected chi connectivity index (χ4v) is 8.56. The monoisotopic (exact) mass is 714 g/mol. The Morgan fingerprint density at radius 2 is 0.982 bits per heavy atom. The van der Waals surface area contributed by atoms with Crippen LogP contribution in [0.1, 0.15) is 0 Å². The molecule has 12 rings (SSSR count). The second-order valence-corrected chi connectivity index (χ2v) is 14.4. The quantitative estimate of drug-likeness (QED) is 0.182. The summed E-state index contributed by atoms with van der Waals surface area (Å²) in [6, 6.07) is 64.0. The molecule has 56 heavy (non-hydrogen) atoms. The SMILES string of the molecule is c1ccc(-c2nc(-c3ccc4oc5cc6ccccc6cc5c4c3)nc(-n3c4ccccc4c4c5ccccc5ccc43)n2)c(-c2ccc3ccccc3c2)c1. The van der Waals surface area contributed by atoms with E-state index in [1.165, 1.54) is 32.3 Å². The molecule has 0 N–H and O–H groups in total. The van der Waals surface area contributed by atoms with E-state index in [9.17, 15) is 0 Å². The summed E-state index contributed by atoms with van der Waals surface area (Å²) in [5, 5.41) is 11.5. The molecule has 0 bridgehead atoms. The van der Waals surface area contributed by atoms with Crippen molar-refractivity contribution in [3.63, 3.8) is 0 Å². The van der Waals surface area contributed by atoms with E-state index in [1.54, 1.807) is 0 Å². The third kappa shape index (κ3) is 4.71. The first-order chi connectivity index (χ1) is 27.7. The second kappa shape index (κ2) is 11.9. The Labute approximate surface area is 320 Å². The summed E-state index contributed by atoms with van der Waals surface area (Å²) in [6.07, 6.45) is 0. The van der Waals surface area contributed by atoms with E-state index in [1.807, 2.05) is 6.07 Å². The molecule has 0 unspecified atom stereocenters. The first-order valence-electron chi connectivity index (χ1n) is 18.8. The maximum absolute atomic E-state index is 6.40. The fourth-order valence-electron chi connectivity index (χ4n) is 8.56. The molecule has 0 fully saturated rings. The largest absolute Gasteiger partial charge is 0.456 e. The van der Waals surface area contributed by atoms with Crippen molar-refractivity contribution in [2.45, 2.75) is 0 Å². The smallest absolute Gasteiger partial charge is 0.238 e. The Morgan fingerprint density at radius 1 is 0.357 bits per heavy atom. The maximum Gasteiger partial charge on any atom is 0.238 e. The summed E-state index contributed by atoms with van der Waals surface area (Å²) in [5.41, 5.74) is 7.72. The summed E-state index contributed by atoms with van der Waals surface area (Å²) >= 11 is 0. The Kier molecular flexibility index (Phi) is 6.56. The van der Waals surface area contributed by atoms with Gasteiger partial charge >= 0.3 is 0 Å². The molecule has 0 spiro atoms. The maximum atomic E-state index is 6.40. The van der Waals surface area contributed by atoms with Crippen molar-refractivity contribution in [3.05, 3.63) is 182 Å². The van der Waals surface area contributed by atoms with Gasteiger partial charge in [-0.05, 0) is 92.0 Å². The molecule has 0 aliphatic carbocycles. The second-order valence-electron chi connectivity index (χ2n) is 14.4. The van der Waals surface area contributed by atoms with Crippen LogP contribution in [0.3, 0.4) is 0 Å². The number of rotatable bonds is 4. The van der Waals surface area contributed by atoms with Crippen molar-refractivity contribution in [2.75, 3.05) is 0 Å². The van der Waals surface area contributed by atoms with Crippen LogP contribution in [-0.2, 0) is 0 Å². The minimum absolute atomic E-state index is 0.558. The molecule has 5 nitrogen and oxygen atoms in total. The average molecular weight is 715 g/mol. The van der Waals surface area contributed by atoms with Gasteiger partial charge in [0.1, 0.15) is 11.2 Å². The molecule has 0 saturated heterocycles. The van der Waals surface area contributed by atoms with Crippen LogP contribution in [0.5, 0.6) is 0 Å². The molecule has 3 heterocycles. The van der Waals surface area contributed by atoms with Crippen LogP contribution in [0.15, 0.2) is 186 Å². The highest BCUT2D eigenvalue weighted by Crippen LogP contribution is 2.39. The number of furan rings is 1. The Balaban J connectivity index is 1.14. The molecule has 3 aromatic heterocycles. The van der Waals surface area contributed by atoms with E-state index in [0.29, 0.717) is 17.6 Å². The summed E-state index contributed by atoms with van der Waals surface area (Å²) in [7, 11) is 0. The molecule has 0 aliphatic heterocycles. The average Bonchev–Trinajstić information content (AvgIpc) is 3.80. The van der Waals surface area contributed by atoms with Crippen molar-refractivity contribution < 1.29 is 4.42 Å². The molecule has 5 heteroatoms. The lowest BCUT2D eigenvalue weighted by molar-refractivity contribution is 0.669. The topological polar surface area (TPSA) is 56.7 Å². The van der Waals surface area contributed by atoms with E-state index in [0.717, 1.165) is 66.0 Å². The Bertz CT molecular complexity index is 3560. The molecule has 12 aromatic rings. The minimum Gasteiger partial charge on any atom is -0.456 e. The molecule has 0 saturated carbocycles. The van der Waals surface area contributed by atoms with Gasteiger partial charge in [-0.15, -0.1) is 0 Å². The van der Waals surface area contributed by atoms with Gasteiger partial charge in [0.2, 0.25) is 5.95 Å². The molecule has 9 aromatic carbocycles. The van der Waals surface area contributed by atoms with E-state index < -0.39 is 0 Å². The van der Waals surface area contributed by atoms with Crippen molar-refractivity contribution in [1.29, 1.82) is 0 Å². The van der Waals surface area contributed by atoms with Crippen LogP contribution in [0.4, 0.5) is 0 Å². The predicted octanol–water partition coefficient (Wildman–Crippen LogP) is 13.3. The van der Waals surface area contributed by atoms with Gasteiger partial charge in [-0.2, -0.15) is 9.97 Å². The predicted molar refractivity (Wildman–Crippen MR) is 230 cm³/mol. The van der Waals surface area contributed by atoms with E-state index in [2.05, 4.69) is 180 Å². The van der Waals surface area contributed by atoms with Crippen molar-refractivity contribution in [2.24, 2.45) is 0 Å². The number of hydrogen-bond donors (Lipinski definition) is 0. The van der Waals surface area contributed by atoms with Gasteiger partial charge in [0.15, 0.2) is 11.6 Å². The van der Waals surface area contributed by atoms with Gasteiger partial charge in [0.05, 0.1) is 11.0 Å². The number of hydrogen-bond acceptors (Lipinski definition) is 4. The zero-order chi connectivity index (χ0) is 36.7. The van der Waals surface area contributed by atoms with Gasteiger partial charge < -0.3 is 4.42 Å². The highest BCUT2D eigenvalue weighted by Gasteiger charge is 2.21. The van der Waals surface area contributed by atoms with E-state index >= 15 is 0 Å². The van der Waals surface area contributed by atoms with Crippen LogP contribution >= 0.6 is 0 Å².